The van der Waals surface area contributed by atoms with Crippen LogP contribution in [0.25, 0.3) is 0 Å². The van der Waals surface area contributed by atoms with Crippen LogP contribution in [0.2, 0.25) is 0 Å². The van der Waals surface area contributed by atoms with Crippen LogP contribution in [0.1, 0.15) is 27.1 Å². The average molecular weight is 408 g/mol. The number of carbonyl (C=O) groups is 4. The molecule has 2 aliphatic rings. The maximum absolute atomic E-state index is 12.3. The van der Waals surface area contributed by atoms with Gasteiger partial charge < -0.3 is 14.2 Å². The highest BCUT2D eigenvalue weighted by Crippen LogP contribution is 2.46. The first-order chi connectivity index (χ1) is 14.5. The summed E-state index contributed by atoms with van der Waals surface area (Å²) in [5.74, 6) is -4.35. The summed E-state index contributed by atoms with van der Waals surface area (Å²) in [5.41, 5.74) is 0.786. The van der Waals surface area contributed by atoms with Crippen LogP contribution in [0, 0.1) is 23.7 Å². The molecule has 1 aliphatic heterocycles. The minimum absolute atomic E-state index is 0.0647. The number of rotatable bonds is 6. The van der Waals surface area contributed by atoms with E-state index in [1.807, 2.05) is 0 Å². The lowest BCUT2D eigenvalue weighted by molar-refractivity contribution is -0.169. The molecule has 0 radical (unpaired) electrons. The zero-order valence-electron chi connectivity index (χ0n) is 16.1. The lowest BCUT2D eigenvalue weighted by Gasteiger charge is -2.22. The van der Waals surface area contributed by atoms with Crippen LogP contribution < -0.4 is 0 Å². The Hall–Kier alpha value is -3.48. The minimum atomic E-state index is -0.617. The number of benzene rings is 2. The third kappa shape index (κ3) is 3.96. The molecule has 2 fully saturated rings. The summed E-state index contributed by atoms with van der Waals surface area (Å²) in [6.45, 7) is -0.129. The monoisotopic (exact) mass is 408 g/mol. The standard InChI is InChI=1S/C23H20O7/c24-20(14-7-3-1-4-8-14)28-12-18-16-11-17(23(27)30-22(16)26)19(18)13-29-21(25)15-9-5-2-6-10-15/h1-10,16-19H,11-13H2/t16-,17+,18-,19-/m1/s1. The number of fused-ring (bicyclic) bond motifs is 2. The van der Waals surface area contributed by atoms with Crippen molar-refractivity contribution in [3.05, 3.63) is 71.8 Å². The summed E-state index contributed by atoms with van der Waals surface area (Å²) >= 11 is 0. The van der Waals surface area contributed by atoms with Crippen LogP contribution in [0.3, 0.4) is 0 Å². The molecule has 0 unspecified atom stereocenters. The smallest absolute Gasteiger partial charge is 0.338 e. The molecular formula is C23H20O7. The first kappa shape index (κ1) is 19.8. The Morgan fingerprint density at radius 3 is 1.53 bits per heavy atom. The molecule has 0 amide bonds. The Balaban J connectivity index is 1.46. The minimum Gasteiger partial charge on any atom is -0.462 e. The number of esters is 4. The highest BCUT2D eigenvalue weighted by atomic mass is 16.6. The molecule has 1 saturated carbocycles. The SMILES string of the molecule is O=C(OC[C@H]1[C@H](COC(=O)c2ccccc2)[C@H]2C[C@@H]1C(=O)OC2=O)c1ccccc1. The van der Waals surface area contributed by atoms with Crippen molar-refractivity contribution in [2.75, 3.05) is 13.2 Å². The summed E-state index contributed by atoms with van der Waals surface area (Å²) in [6.07, 6.45) is 0.304. The van der Waals surface area contributed by atoms with Gasteiger partial charge in [0.25, 0.3) is 0 Å². The molecule has 30 heavy (non-hydrogen) atoms. The fourth-order valence-electron chi connectivity index (χ4n) is 4.15. The fraction of sp³-hybridized carbons (Fsp3) is 0.304. The van der Waals surface area contributed by atoms with Crippen LogP contribution in [-0.4, -0.2) is 37.1 Å². The number of ether oxygens (including phenoxy) is 3. The van der Waals surface area contributed by atoms with Gasteiger partial charge in [0.1, 0.15) is 0 Å². The summed E-state index contributed by atoms with van der Waals surface area (Å²) < 4.78 is 15.7. The summed E-state index contributed by atoms with van der Waals surface area (Å²) in [4.78, 5) is 49.0. The van der Waals surface area contributed by atoms with E-state index < -0.39 is 47.5 Å². The second-order valence-corrected chi connectivity index (χ2v) is 7.45. The second-order valence-electron chi connectivity index (χ2n) is 7.45. The quantitative estimate of drug-likeness (QED) is 0.412. The molecule has 0 N–H and O–H groups in total. The summed E-state index contributed by atoms with van der Waals surface area (Å²) in [7, 11) is 0. The normalized spacial score (nSPS) is 24.8. The van der Waals surface area contributed by atoms with Crippen molar-refractivity contribution < 1.29 is 33.4 Å². The lowest BCUT2D eigenvalue weighted by atomic mass is 9.89. The molecule has 1 saturated heterocycles. The Labute approximate surface area is 172 Å². The van der Waals surface area contributed by atoms with E-state index in [0.29, 0.717) is 17.5 Å². The van der Waals surface area contributed by atoms with E-state index in [-0.39, 0.29) is 13.2 Å². The van der Waals surface area contributed by atoms with E-state index in [1.54, 1.807) is 60.7 Å². The second kappa shape index (κ2) is 8.49. The van der Waals surface area contributed by atoms with E-state index in [1.165, 1.54) is 0 Å². The van der Waals surface area contributed by atoms with Crippen LogP contribution in [0.15, 0.2) is 60.7 Å². The van der Waals surface area contributed by atoms with Gasteiger partial charge >= 0.3 is 23.9 Å². The van der Waals surface area contributed by atoms with Crippen molar-refractivity contribution in [1.82, 2.24) is 0 Å². The molecular weight excluding hydrogens is 388 g/mol. The van der Waals surface area contributed by atoms with E-state index in [0.717, 1.165) is 0 Å². The van der Waals surface area contributed by atoms with Gasteiger partial charge in [-0.05, 0) is 30.7 Å². The van der Waals surface area contributed by atoms with Crippen LogP contribution >= 0.6 is 0 Å². The largest absolute Gasteiger partial charge is 0.462 e. The molecule has 7 heteroatoms. The van der Waals surface area contributed by atoms with Crippen molar-refractivity contribution in [3.63, 3.8) is 0 Å². The molecule has 154 valence electrons. The maximum Gasteiger partial charge on any atom is 0.338 e. The first-order valence-corrected chi connectivity index (χ1v) is 9.74. The highest BCUT2D eigenvalue weighted by molar-refractivity contribution is 5.93. The van der Waals surface area contributed by atoms with Crippen LogP contribution in [-0.2, 0) is 23.8 Å². The van der Waals surface area contributed by atoms with E-state index in [2.05, 4.69) is 0 Å². The van der Waals surface area contributed by atoms with Crippen LogP contribution in [0.4, 0.5) is 0 Å². The van der Waals surface area contributed by atoms with E-state index >= 15 is 0 Å². The third-order valence-corrected chi connectivity index (χ3v) is 5.73. The van der Waals surface area contributed by atoms with Gasteiger partial charge in [-0.1, -0.05) is 36.4 Å². The average Bonchev–Trinajstić information content (AvgIpc) is 3.11. The molecule has 7 nitrogen and oxygen atoms in total. The molecule has 0 spiro atoms. The van der Waals surface area contributed by atoms with Crippen molar-refractivity contribution in [3.8, 4) is 0 Å². The Morgan fingerprint density at radius 2 is 1.13 bits per heavy atom. The predicted molar refractivity (Wildman–Crippen MR) is 103 cm³/mol. The maximum atomic E-state index is 12.3. The predicted octanol–water partition coefficient (Wildman–Crippen LogP) is 2.65. The Morgan fingerprint density at radius 1 is 0.733 bits per heavy atom. The molecule has 0 aromatic heterocycles. The van der Waals surface area contributed by atoms with Gasteiger partial charge in [0.15, 0.2) is 0 Å². The summed E-state index contributed by atoms with van der Waals surface area (Å²) in [6, 6.07) is 17.0. The van der Waals surface area contributed by atoms with E-state index in [9.17, 15) is 19.2 Å². The van der Waals surface area contributed by atoms with Crippen molar-refractivity contribution in [1.29, 1.82) is 0 Å². The third-order valence-electron chi connectivity index (χ3n) is 5.73. The van der Waals surface area contributed by atoms with E-state index in [4.69, 9.17) is 14.2 Å². The topological polar surface area (TPSA) is 96.0 Å². The van der Waals surface area contributed by atoms with Gasteiger partial charge in [0.2, 0.25) is 0 Å². The zero-order valence-corrected chi connectivity index (χ0v) is 16.1. The van der Waals surface area contributed by atoms with Crippen LogP contribution in [0.5, 0.6) is 0 Å². The molecule has 1 heterocycles. The molecule has 2 aromatic rings. The number of hydrogen-bond acceptors (Lipinski definition) is 7. The summed E-state index contributed by atoms with van der Waals surface area (Å²) in [5, 5.41) is 0. The van der Waals surface area contributed by atoms with Gasteiger partial charge in [-0.3, -0.25) is 9.59 Å². The van der Waals surface area contributed by atoms with Crippen molar-refractivity contribution >= 4 is 23.9 Å². The lowest BCUT2D eigenvalue weighted by Crippen LogP contribution is -2.31. The van der Waals surface area contributed by atoms with Gasteiger partial charge in [-0.15, -0.1) is 0 Å². The molecule has 2 aromatic carbocycles. The molecule has 1 aliphatic carbocycles. The van der Waals surface area contributed by atoms with Gasteiger partial charge in [0, 0.05) is 11.8 Å². The Kier molecular flexibility index (Phi) is 5.61. The van der Waals surface area contributed by atoms with Gasteiger partial charge in [-0.25, -0.2) is 9.59 Å². The van der Waals surface area contributed by atoms with Crippen molar-refractivity contribution in [2.24, 2.45) is 23.7 Å². The molecule has 2 bridgehead atoms. The molecule has 4 rings (SSSR count). The number of carbonyl (C=O) groups excluding carboxylic acids is 4. The highest BCUT2D eigenvalue weighted by Gasteiger charge is 2.55. The van der Waals surface area contributed by atoms with Gasteiger partial charge in [-0.2, -0.15) is 0 Å². The fourth-order valence-corrected chi connectivity index (χ4v) is 4.15. The van der Waals surface area contributed by atoms with Gasteiger partial charge in [0.05, 0.1) is 36.2 Å². The number of cyclic esters (lactones) is 2. The zero-order chi connectivity index (χ0) is 21.1. The Bertz CT molecular complexity index is 877. The number of hydrogen-bond donors (Lipinski definition) is 0. The molecule has 4 atom stereocenters. The van der Waals surface area contributed by atoms with Crippen molar-refractivity contribution in [2.45, 2.75) is 6.42 Å². The first-order valence-electron chi connectivity index (χ1n) is 9.74.